The van der Waals surface area contributed by atoms with Gasteiger partial charge in [-0.05, 0) is 53.7 Å². The van der Waals surface area contributed by atoms with Gasteiger partial charge in [-0.3, -0.25) is 0 Å². The first-order valence-electron chi connectivity index (χ1n) is 6.21. The third kappa shape index (κ3) is 3.42. The van der Waals surface area contributed by atoms with Gasteiger partial charge in [0.2, 0.25) is 5.88 Å². The van der Waals surface area contributed by atoms with Crippen LogP contribution in [0.25, 0.3) is 0 Å². The van der Waals surface area contributed by atoms with Crippen LogP contribution in [0.1, 0.15) is 37.7 Å². The fourth-order valence-corrected chi connectivity index (χ4v) is 2.76. The van der Waals surface area contributed by atoms with E-state index in [4.69, 9.17) is 10.5 Å². The summed E-state index contributed by atoms with van der Waals surface area (Å²) >= 11 is 3.49. The Morgan fingerprint density at radius 2 is 2.12 bits per heavy atom. The van der Waals surface area contributed by atoms with Crippen molar-refractivity contribution in [3.8, 4) is 5.88 Å². The van der Waals surface area contributed by atoms with Gasteiger partial charge in [0.05, 0.1) is 4.47 Å². The monoisotopic (exact) mass is 298 g/mol. The molecule has 94 valence electrons. The molecule has 2 N–H and O–H groups in total. The number of nitrogens with two attached hydrogens (primary N) is 1. The van der Waals surface area contributed by atoms with Crippen molar-refractivity contribution in [2.45, 2.75) is 51.2 Å². The summed E-state index contributed by atoms with van der Waals surface area (Å²) < 4.78 is 6.86. The Labute approximate surface area is 111 Å². The number of hydrogen-bond acceptors (Lipinski definition) is 3. The molecule has 0 saturated heterocycles. The summed E-state index contributed by atoms with van der Waals surface area (Å²) in [6.07, 6.45) is 7.67. The van der Waals surface area contributed by atoms with E-state index in [2.05, 4.69) is 20.9 Å². The summed E-state index contributed by atoms with van der Waals surface area (Å²) in [7, 11) is 0. The minimum atomic E-state index is 0.101. The van der Waals surface area contributed by atoms with Crippen molar-refractivity contribution in [1.82, 2.24) is 4.98 Å². The Hall–Kier alpha value is -0.610. The molecule has 0 aliphatic heterocycles. The van der Waals surface area contributed by atoms with Gasteiger partial charge in [-0.25, -0.2) is 4.98 Å². The highest BCUT2D eigenvalue weighted by Gasteiger charge is 2.23. The highest BCUT2D eigenvalue weighted by molar-refractivity contribution is 9.10. The Morgan fingerprint density at radius 3 is 2.88 bits per heavy atom. The minimum Gasteiger partial charge on any atom is -0.472 e. The van der Waals surface area contributed by atoms with E-state index >= 15 is 0 Å². The molecule has 3 nitrogen and oxygen atoms in total. The average molecular weight is 299 g/mol. The Bertz CT molecular complexity index is 384. The zero-order valence-electron chi connectivity index (χ0n) is 10.2. The zero-order valence-corrected chi connectivity index (χ0v) is 11.7. The zero-order chi connectivity index (χ0) is 12.3. The van der Waals surface area contributed by atoms with Gasteiger partial charge < -0.3 is 10.5 Å². The molecule has 2 rings (SSSR count). The van der Waals surface area contributed by atoms with E-state index in [1.165, 1.54) is 19.3 Å². The SMILES string of the molecule is Cc1cnc(OC2CCCCCC2N)c(Br)c1. The predicted octanol–water partition coefficient (Wildman–Crippen LogP) is 3.19. The number of nitrogens with zero attached hydrogens (tertiary/aromatic N) is 1. The van der Waals surface area contributed by atoms with E-state index in [0.717, 1.165) is 22.9 Å². The fourth-order valence-electron chi connectivity index (χ4n) is 2.20. The van der Waals surface area contributed by atoms with Crippen molar-refractivity contribution in [2.24, 2.45) is 5.73 Å². The molecule has 2 atom stereocenters. The maximum atomic E-state index is 6.14. The molecule has 17 heavy (non-hydrogen) atoms. The Kier molecular flexibility index (Phi) is 4.40. The minimum absolute atomic E-state index is 0.101. The van der Waals surface area contributed by atoms with Crippen molar-refractivity contribution < 1.29 is 4.74 Å². The van der Waals surface area contributed by atoms with Crippen molar-refractivity contribution >= 4 is 15.9 Å². The quantitative estimate of drug-likeness (QED) is 0.853. The van der Waals surface area contributed by atoms with Gasteiger partial charge in [0.15, 0.2) is 0 Å². The molecule has 0 amide bonds. The van der Waals surface area contributed by atoms with Gasteiger partial charge in [0.25, 0.3) is 0 Å². The van der Waals surface area contributed by atoms with Gasteiger partial charge in [0.1, 0.15) is 6.10 Å². The van der Waals surface area contributed by atoms with Crippen molar-refractivity contribution in [1.29, 1.82) is 0 Å². The standard InChI is InChI=1S/C13H19BrN2O/c1-9-7-10(14)13(16-8-9)17-12-6-4-2-3-5-11(12)15/h7-8,11-12H,2-6,15H2,1H3. The summed E-state index contributed by atoms with van der Waals surface area (Å²) in [5, 5.41) is 0. The molecule has 1 fully saturated rings. The number of aromatic nitrogens is 1. The predicted molar refractivity (Wildman–Crippen MR) is 72.2 cm³/mol. The van der Waals surface area contributed by atoms with Crippen LogP contribution in [0.4, 0.5) is 0 Å². The molecule has 1 aromatic rings. The molecular formula is C13H19BrN2O. The number of aryl methyl sites for hydroxylation is 1. The van der Waals surface area contributed by atoms with Crippen LogP contribution in [-0.4, -0.2) is 17.1 Å². The molecule has 2 unspecified atom stereocenters. The van der Waals surface area contributed by atoms with E-state index < -0.39 is 0 Å². The number of pyridine rings is 1. The van der Waals surface area contributed by atoms with E-state index in [1.807, 2.05) is 19.2 Å². The normalized spacial score (nSPS) is 25.4. The summed E-state index contributed by atoms with van der Waals surface area (Å²) in [5.74, 6) is 0.665. The molecule has 4 heteroatoms. The molecular weight excluding hydrogens is 280 g/mol. The second-order valence-electron chi connectivity index (χ2n) is 4.76. The molecule has 1 saturated carbocycles. The van der Waals surface area contributed by atoms with Gasteiger partial charge >= 0.3 is 0 Å². The maximum absolute atomic E-state index is 6.14. The van der Waals surface area contributed by atoms with Crippen molar-refractivity contribution in [2.75, 3.05) is 0 Å². The van der Waals surface area contributed by atoms with Crippen LogP contribution in [-0.2, 0) is 0 Å². The lowest BCUT2D eigenvalue weighted by Crippen LogP contribution is -2.38. The summed E-state index contributed by atoms with van der Waals surface area (Å²) in [6.45, 7) is 2.01. The first kappa shape index (κ1) is 12.8. The highest BCUT2D eigenvalue weighted by atomic mass is 79.9. The highest BCUT2D eigenvalue weighted by Crippen LogP contribution is 2.27. The van der Waals surface area contributed by atoms with Crippen LogP contribution in [0.15, 0.2) is 16.7 Å². The molecule has 1 heterocycles. The number of hydrogen-bond donors (Lipinski definition) is 1. The molecule has 0 radical (unpaired) electrons. The van der Waals surface area contributed by atoms with Crippen LogP contribution in [0.2, 0.25) is 0 Å². The first-order chi connectivity index (χ1) is 8.16. The van der Waals surface area contributed by atoms with Gasteiger partial charge in [-0.1, -0.05) is 12.8 Å². The van der Waals surface area contributed by atoms with Crippen molar-refractivity contribution in [3.05, 3.63) is 22.3 Å². The molecule has 0 aromatic carbocycles. The van der Waals surface area contributed by atoms with Crippen LogP contribution in [0.5, 0.6) is 5.88 Å². The first-order valence-corrected chi connectivity index (χ1v) is 7.00. The number of rotatable bonds is 2. The number of halogens is 1. The number of ether oxygens (including phenoxy) is 1. The molecule has 1 aliphatic carbocycles. The largest absolute Gasteiger partial charge is 0.472 e. The second kappa shape index (κ2) is 5.83. The third-order valence-corrected chi connectivity index (χ3v) is 3.78. The Morgan fingerprint density at radius 1 is 1.35 bits per heavy atom. The summed E-state index contributed by atoms with van der Waals surface area (Å²) in [5.41, 5.74) is 7.26. The topological polar surface area (TPSA) is 48.1 Å². The maximum Gasteiger partial charge on any atom is 0.228 e. The van der Waals surface area contributed by atoms with Crippen molar-refractivity contribution in [3.63, 3.8) is 0 Å². The summed E-state index contributed by atoms with van der Waals surface area (Å²) in [6, 6.07) is 2.15. The Balaban J connectivity index is 2.08. The van der Waals surface area contributed by atoms with E-state index in [-0.39, 0.29) is 12.1 Å². The van der Waals surface area contributed by atoms with Crippen LogP contribution < -0.4 is 10.5 Å². The smallest absolute Gasteiger partial charge is 0.228 e. The lowest BCUT2D eigenvalue weighted by Gasteiger charge is -2.22. The molecule has 1 aliphatic rings. The second-order valence-corrected chi connectivity index (χ2v) is 5.61. The van der Waals surface area contributed by atoms with E-state index in [1.54, 1.807) is 0 Å². The lowest BCUT2D eigenvalue weighted by molar-refractivity contribution is 0.155. The van der Waals surface area contributed by atoms with Gasteiger partial charge in [0, 0.05) is 12.2 Å². The van der Waals surface area contributed by atoms with Crippen LogP contribution in [0, 0.1) is 6.92 Å². The molecule has 1 aromatic heterocycles. The van der Waals surface area contributed by atoms with Gasteiger partial charge in [-0.2, -0.15) is 0 Å². The fraction of sp³-hybridized carbons (Fsp3) is 0.615. The third-order valence-electron chi connectivity index (χ3n) is 3.21. The van der Waals surface area contributed by atoms with E-state index in [0.29, 0.717) is 5.88 Å². The molecule has 0 bridgehead atoms. The van der Waals surface area contributed by atoms with E-state index in [9.17, 15) is 0 Å². The van der Waals surface area contributed by atoms with Gasteiger partial charge in [-0.15, -0.1) is 0 Å². The van der Waals surface area contributed by atoms with Crippen LogP contribution >= 0.6 is 15.9 Å². The van der Waals surface area contributed by atoms with Crippen LogP contribution in [0.3, 0.4) is 0 Å². The lowest BCUT2D eigenvalue weighted by atomic mass is 10.1. The molecule has 0 spiro atoms. The average Bonchev–Trinajstić information content (AvgIpc) is 2.48. The summed E-state index contributed by atoms with van der Waals surface area (Å²) in [4.78, 5) is 4.31.